The molecule has 78 valence electrons. The molecular weight excluding hydrogens is 190 g/mol. The number of aromatic nitrogens is 2. The first kappa shape index (κ1) is 9.87. The molecule has 0 amide bonds. The minimum Gasteiger partial charge on any atom is -0.302 e. The van der Waals surface area contributed by atoms with Crippen LogP contribution in [0.25, 0.3) is 0 Å². The Bertz CT molecular complexity index is 421. The second-order valence-corrected chi connectivity index (χ2v) is 3.78. The average Bonchev–Trinajstić information content (AvgIpc) is 2.20. The van der Waals surface area contributed by atoms with Crippen molar-refractivity contribution in [3.63, 3.8) is 0 Å². The van der Waals surface area contributed by atoms with Crippen LogP contribution in [-0.2, 0) is 13.0 Å². The summed E-state index contributed by atoms with van der Waals surface area (Å²) < 4.78 is 0. The topological polar surface area (TPSA) is 64.8 Å². The van der Waals surface area contributed by atoms with Gasteiger partial charge in [-0.2, -0.15) is 5.26 Å². The van der Waals surface area contributed by atoms with Crippen molar-refractivity contribution in [1.29, 1.82) is 5.26 Å². The molecule has 1 aliphatic rings. The summed E-state index contributed by atoms with van der Waals surface area (Å²) in [5.74, 6) is 0.415. The van der Waals surface area contributed by atoms with Crippen molar-refractivity contribution in [2.45, 2.75) is 19.9 Å². The van der Waals surface area contributed by atoms with Gasteiger partial charge in [-0.05, 0) is 14.0 Å². The lowest BCUT2D eigenvalue weighted by Crippen LogP contribution is -2.28. The number of nitriles is 1. The Labute approximate surface area is 88.8 Å². The Morgan fingerprint density at radius 3 is 3.00 bits per heavy atom. The van der Waals surface area contributed by atoms with Gasteiger partial charge in [0.25, 0.3) is 0 Å². The van der Waals surface area contributed by atoms with Gasteiger partial charge in [-0.1, -0.05) is 0 Å². The number of fused-ring (bicyclic) bond motifs is 1. The Balaban J connectivity index is 2.39. The summed E-state index contributed by atoms with van der Waals surface area (Å²) in [4.78, 5) is 10.8. The molecule has 0 bridgehead atoms. The highest BCUT2D eigenvalue weighted by Gasteiger charge is 2.18. The van der Waals surface area contributed by atoms with Gasteiger partial charge in [-0.3, -0.25) is 5.32 Å². The van der Waals surface area contributed by atoms with Crippen molar-refractivity contribution in [3.05, 3.63) is 17.0 Å². The molecule has 0 saturated heterocycles. The predicted molar refractivity (Wildman–Crippen MR) is 56.0 cm³/mol. The van der Waals surface area contributed by atoms with Crippen molar-refractivity contribution >= 4 is 5.95 Å². The Hall–Kier alpha value is -1.67. The molecule has 0 radical (unpaired) electrons. The lowest BCUT2D eigenvalue weighted by Gasteiger charge is -2.25. The molecule has 15 heavy (non-hydrogen) atoms. The summed E-state index contributed by atoms with van der Waals surface area (Å²) in [5.41, 5.74) is 3.23. The van der Waals surface area contributed by atoms with E-state index in [2.05, 4.69) is 27.2 Å². The summed E-state index contributed by atoms with van der Waals surface area (Å²) in [6.07, 6.45) is 2.77. The van der Waals surface area contributed by atoms with Gasteiger partial charge in [0.1, 0.15) is 0 Å². The minimum atomic E-state index is 0.415. The third-order valence-corrected chi connectivity index (χ3v) is 2.63. The van der Waals surface area contributed by atoms with Crippen LogP contribution in [0, 0.1) is 18.4 Å². The zero-order chi connectivity index (χ0) is 10.8. The molecule has 2 rings (SSSR count). The van der Waals surface area contributed by atoms with Crippen LogP contribution in [-0.4, -0.2) is 28.5 Å². The van der Waals surface area contributed by atoms with Crippen LogP contribution in [0.5, 0.6) is 0 Å². The van der Waals surface area contributed by atoms with Crippen LogP contribution in [0.1, 0.15) is 17.0 Å². The maximum atomic E-state index is 8.51. The van der Waals surface area contributed by atoms with Gasteiger partial charge in [-0.25, -0.2) is 9.97 Å². The highest BCUT2D eigenvalue weighted by Crippen LogP contribution is 2.19. The Morgan fingerprint density at radius 1 is 1.47 bits per heavy atom. The molecular formula is C10H13N5. The zero-order valence-electron chi connectivity index (χ0n) is 8.91. The van der Waals surface area contributed by atoms with Gasteiger partial charge in [-0.15, -0.1) is 0 Å². The molecule has 2 heterocycles. The zero-order valence-corrected chi connectivity index (χ0v) is 8.91. The van der Waals surface area contributed by atoms with E-state index in [1.54, 1.807) is 0 Å². The Morgan fingerprint density at radius 2 is 2.27 bits per heavy atom. The molecule has 0 saturated carbocycles. The van der Waals surface area contributed by atoms with Crippen LogP contribution >= 0.6 is 0 Å². The SMILES string of the molecule is Cc1nc(NC#N)nc2c1CN(C)CC2. The van der Waals surface area contributed by atoms with Crippen molar-refractivity contribution < 1.29 is 0 Å². The van der Waals surface area contributed by atoms with Crippen LogP contribution in [0.3, 0.4) is 0 Å². The number of aryl methyl sites for hydroxylation is 1. The summed E-state index contributed by atoms with van der Waals surface area (Å²) in [6.45, 7) is 3.87. The van der Waals surface area contributed by atoms with Crippen molar-refractivity contribution in [2.24, 2.45) is 0 Å². The number of hydrogen-bond acceptors (Lipinski definition) is 5. The van der Waals surface area contributed by atoms with Crippen LogP contribution < -0.4 is 5.32 Å². The van der Waals surface area contributed by atoms with E-state index in [-0.39, 0.29) is 0 Å². The largest absolute Gasteiger partial charge is 0.302 e. The van der Waals surface area contributed by atoms with Crippen LogP contribution in [0.15, 0.2) is 0 Å². The molecule has 0 aliphatic carbocycles. The van der Waals surface area contributed by atoms with Crippen molar-refractivity contribution in [1.82, 2.24) is 14.9 Å². The highest BCUT2D eigenvalue weighted by molar-refractivity contribution is 5.37. The van der Waals surface area contributed by atoms with Gasteiger partial charge in [0.2, 0.25) is 5.95 Å². The van der Waals surface area contributed by atoms with E-state index in [9.17, 15) is 0 Å². The number of nitrogens with one attached hydrogen (secondary N) is 1. The van der Waals surface area contributed by atoms with E-state index in [0.29, 0.717) is 5.95 Å². The van der Waals surface area contributed by atoms with E-state index in [1.165, 1.54) is 5.56 Å². The van der Waals surface area contributed by atoms with Gasteiger partial charge in [0.05, 0.1) is 5.69 Å². The molecule has 1 N–H and O–H groups in total. The summed E-state index contributed by atoms with van der Waals surface area (Å²) in [7, 11) is 2.09. The maximum absolute atomic E-state index is 8.51. The highest BCUT2D eigenvalue weighted by atomic mass is 15.1. The molecule has 1 aromatic rings. The summed E-state index contributed by atoms with van der Waals surface area (Å²) in [5, 5.41) is 11.0. The first-order valence-electron chi connectivity index (χ1n) is 4.90. The summed E-state index contributed by atoms with van der Waals surface area (Å²) >= 11 is 0. The van der Waals surface area contributed by atoms with E-state index in [4.69, 9.17) is 5.26 Å². The number of anilines is 1. The predicted octanol–water partition coefficient (Wildman–Crippen LogP) is 0.666. The first-order valence-corrected chi connectivity index (χ1v) is 4.90. The molecule has 5 nitrogen and oxygen atoms in total. The lowest BCUT2D eigenvalue weighted by atomic mass is 10.1. The quantitative estimate of drug-likeness (QED) is 0.536. The standard InChI is InChI=1S/C10H13N5/c1-7-8-5-15(2)4-3-9(8)14-10(13-7)12-6-11/h3-5H2,1-2H3,(H,12,13,14). The average molecular weight is 203 g/mol. The van der Waals surface area contributed by atoms with Crippen LogP contribution in [0.2, 0.25) is 0 Å². The number of nitrogens with zero attached hydrogens (tertiary/aromatic N) is 4. The van der Waals surface area contributed by atoms with Gasteiger partial charge >= 0.3 is 0 Å². The minimum absolute atomic E-state index is 0.415. The first-order chi connectivity index (χ1) is 7.20. The smallest absolute Gasteiger partial charge is 0.236 e. The monoisotopic (exact) mass is 203 g/mol. The third-order valence-electron chi connectivity index (χ3n) is 2.63. The lowest BCUT2D eigenvalue weighted by molar-refractivity contribution is 0.308. The molecule has 0 fully saturated rings. The number of likely N-dealkylation sites (N-methyl/N-ethyl adjacent to an activating group) is 1. The van der Waals surface area contributed by atoms with Gasteiger partial charge < -0.3 is 4.90 Å². The second-order valence-electron chi connectivity index (χ2n) is 3.78. The molecule has 0 unspecified atom stereocenters. The molecule has 0 aromatic carbocycles. The fourth-order valence-corrected chi connectivity index (χ4v) is 1.82. The van der Waals surface area contributed by atoms with Gasteiger partial charge in [0, 0.05) is 30.8 Å². The Kier molecular flexibility index (Phi) is 2.52. The number of rotatable bonds is 1. The van der Waals surface area contributed by atoms with Crippen molar-refractivity contribution in [3.8, 4) is 6.19 Å². The molecule has 0 atom stereocenters. The van der Waals surface area contributed by atoms with E-state index < -0.39 is 0 Å². The van der Waals surface area contributed by atoms with E-state index in [0.717, 1.165) is 30.9 Å². The van der Waals surface area contributed by atoms with Gasteiger partial charge in [0.15, 0.2) is 6.19 Å². The summed E-state index contributed by atoms with van der Waals surface area (Å²) in [6, 6.07) is 0. The maximum Gasteiger partial charge on any atom is 0.236 e. The fourth-order valence-electron chi connectivity index (χ4n) is 1.82. The number of hydrogen-bond donors (Lipinski definition) is 1. The molecule has 1 aliphatic heterocycles. The molecule has 0 spiro atoms. The van der Waals surface area contributed by atoms with E-state index >= 15 is 0 Å². The van der Waals surface area contributed by atoms with E-state index in [1.807, 2.05) is 13.1 Å². The normalized spacial score (nSPS) is 15.5. The molecule has 5 heteroatoms. The van der Waals surface area contributed by atoms with Crippen LogP contribution in [0.4, 0.5) is 5.95 Å². The molecule has 1 aromatic heterocycles. The fraction of sp³-hybridized carbons (Fsp3) is 0.500. The van der Waals surface area contributed by atoms with Crippen molar-refractivity contribution in [2.75, 3.05) is 18.9 Å². The second kappa shape index (κ2) is 3.83. The third kappa shape index (κ3) is 1.90.